The summed E-state index contributed by atoms with van der Waals surface area (Å²) in [6.45, 7) is 0. The summed E-state index contributed by atoms with van der Waals surface area (Å²) in [6, 6.07) is -0.680. The van der Waals surface area contributed by atoms with E-state index in [0.717, 1.165) is 4.57 Å². The summed E-state index contributed by atoms with van der Waals surface area (Å²) < 4.78 is 19.3. The Bertz CT molecular complexity index is 635. The first-order valence-electron chi connectivity index (χ1n) is 5.09. The van der Waals surface area contributed by atoms with Crippen LogP contribution in [-0.2, 0) is 4.74 Å². The highest BCUT2D eigenvalue weighted by Gasteiger charge is 2.27. The van der Waals surface area contributed by atoms with Crippen molar-refractivity contribution in [3.8, 4) is 0 Å². The van der Waals surface area contributed by atoms with Crippen LogP contribution in [-0.4, -0.2) is 26.5 Å². The molecule has 19 heavy (non-hydrogen) atoms. The molecule has 5 nitrogen and oxygen atoms in total. The number of thiocarbonyl (C=S) groups is 1. The molecule has 0 aromatic carbocycles. The van der Waals surface area contributed by atoms with E-state index >= 15 is 0 Å². The van der Waals surface area contributed by atoms with E-state index in [0.29, 0.717) is 10.6 Å². The molecule has 9 heteroatoms. The lowest BCUT2D eigenvalue weighted by atomic mass is 10.1. The molecule has 1 aliphatic carbocycles. The fourth-order valence-electron chi connectivity index (χ4n) is 1.67. The summed E-state index contributed by atoms with van der Waals surface area (Å²) in [6.07, 6.45) is 4.76. The molecule has 0 aliphatic heterocycles. The second-order valence-corrected chi connectivity index (χ2v) is 5.20. The lowest BCUT2D eigenvalue weighted by molar-refractivity contribution is 0.297. The topological polar surface area (TPSA) is 49.0 Å². The van der Waals surface area contributed by atoms with Gasteiger partial charge in [-0.3, -0.25) is 4.57 Å². The standard InChI is InChI=1S/C10H8Cl2FN3O2S/c1-18-5-2-3-6(7(19)4-5)15-9(8(11)12)14-16(13)10(15)17/h2-4,6,8H,1H3. The van der Waals surface area contributed by atoms with Crippen molar-refractivity contribution in [2.75, 3.05) is 7.11 Å². The molecule has 1 aromatic rings. The zero-order chi connectivity index (χ0) is 14.2. The monoisotopic (exact) mass is 323 g/mol. The minimum absolute atomic E-state index is 0.109. The van der Waals surface area contributed by atoms with Gasteiger partial charge >= 0.3 is 5.69 Å². The van der Waals surface area contributed by atoms with Crippen LogP contribution in [0.2, 0.25) is 0 Å². The van der Waals surface area contributed by atoms with E-state index in [9.17, 15) is 9.28 Å². The summed E-state index contributed by atoms with van der Waals surface area (Å²) in [4.78, 5) is 10.6. The molecule has 0 saturated carbocycles. The number of hydrogen-bond donors (Lipinski definition) is 0. The number of methoxy groups -OCH3 is 1. The smallest absolute Gasteiger partial charge is 0.376 e. The second-order valence-electron chi connectivity index (χ2n) is 3.63. The largest absolute Gasteiger partial charge is 0.497 e. The molecule has 1 unspecified atom stereocenters. The third-order valence-electron chi connectivity index (χ3n) is 2.53. The van der Waals surface area contributed by atoms with Crippen molar-refractivity contribution in [1.29, 1.82) is 0 Å². The maximum Gasteiger partial charge on any atom is 0.376 e. The van der Waals surface area contributed by atoms with E-state index in [2.05, 4.69) is 5.10 Å². The van der Waals surface area contributed by atoms with Gasteiger partial charge in [0.2, 0.25) is 0 Å². The SMILES string of the molecule is COC1=CC(=S)C(n2c(C(Cl)Cl)nn(F)c2=O)C=C1. The van der Waals surface area contributed by atoms with Crippen molar-refractivity contribution < 1.29 is 9.22 Å². The summed E-state index contributed by atoms with van der Waals surface area (Å²) in [5, 5.41) is 3.35. The Balaban J connectivity index is 2.50. The van der Waals surface area contributed by atoms with Crippen LogP contribution in [0.4, 0.5) is 4.48 Å². The molecule has 0 spiro atoms. The predicted octanol–water partition coefficient (Wildman–Crippen LogP) is 2.26. The van der Waals surface area contributed by atoms with Gasteiger partial charge in [0.25, 0.3) is 0 Å². The average Bonchev–Trinajstić information content (AvgIpc) is 2.66. The van der Waals surface area contributed by atoms with Crippen molar-refractivity contribution in [1.82, 2.24) is 14.6 Å². The first-order chi connectivity index (χ1) is 8.95. The maximum atomic E-state index is 13.2. The third-order valence-corrected chi connectivity index (χ3v) is 3.28. The van der Waals surface area contributed by atoms with Gasteiger partial charge in [0.05, 0.1) is 13.2 Å². The molecule has 0 radical (unpaired) electrons. The molecule has 0 bridgehead atoms. The number of hydrogen-bond acceptors (Lipinski definition) is 4. The number of aromatic nitrogens is 3. The predicted molar refractivity (Wildman–Crippen MR) is 73.3 cm³/mol. The molecule has 1 aliphatic rings. The summed E-state index contributed by atoms with van der Waals surface area (Å²) in [7, 11) is 1.49. The molecule has 2 rings (SSSR count). The molecule has 0 amide bonds. The molecular formula is C10H8Cl2FN3O2S. The van der Waals surface area contributed by atoms with Crippen LogP contribution in [0, 0.1) is 0 Å². The third kappa shape index (κ3) is 2.58. The van der Waals surface area contributed by atoms with E-state index in [1.807, 2.05) is 0 Å². The van der Waals surface area contributed by atoms with Gasteiger partial charge in [-0.1, -0.05) is 46.0 Å². The first kappa shape index (κ1) is 14.2. The Kier molecular flexibility index (Phi) is 4.07. The van der Waals surface area contributed by atoms with E-state index in [1.54, 1.807) is 18.2 Å². The fraction of sp³-hybridized carbons (Fsp3) is 0.300. The van der Waals surface area contributed by atoms with Crippen molar-refractivity contribution in [3.05, 3.63) is 40.3 Å². The fourth-order valence-corrected chi connectivity index (χ4v) is 2.27. The van der Waals surface area contributed by atoms with Crippen molar-refractivity contribution in [3.63, 3.8) is 0 Å². The van der Waals surface area contributed by atoms with Gasteiger partial charge in [-0.25, -0.2) is 4.79 Å². The van der Waals surface area contributed by atoms with Gasteiger partial charge in [-0.05, 0) is 17.1 Å². The lowest BCUT2D eigenvalue weighted by Gasteiger charge is -2.19. The Morgan fingerprint density at radius 2 is 2.26 bits per heavy atom. The molecule has 0 fully saturated rings. The van der Waals surface area contributed by atoms with E-state index in [1.165, 1.54) is 7.11 Å². The van der Waals surface area contributed by atoms with Crippen LogP contribution in [0.3, 0.4) is 0 Å². The second kappa shape index (κ2) is 5.44. The van der Waals surface area contributed by atoms with Gasteiger partial charge < -0.3 is 4.74 Å². The van der Waals surface area contributed by atoms with E-state index in [4.69, 9.17) is 40.2 Å². The van der Waals surface area contributed by atoms with Gasteiger partial charge in [0.1, 0.15) is 5.76 Å². The van der Waals surface area contributed by atoms with Crippen molar-refractivity contribution in [2.24, 2.45) is 0 Å². The van der Waals surface area contributed by atoms with Gasteiger partial charge in [0, 0.05) is 4.86 Å². The first-order valence-corrected chi connectivity index (χ1v) is 6.37. The van der Waals surface area contributed by atoms with Crippen LogP contribution >= 0.6 is 35.4 Å². The zero-order valence-corrected chi connectivity index (χ0v) is 11.9. The van der Waals surface area contributed by atoms with Crippen LogP contribution in [0.5, 0.6) is 0 Å². The molecule has 1 heterocycles. The number of nitrogens with zero attached hydrogens (tertiary/aromatic N) is 3. The van der Waals surface area contributed by atoms with Gasteiger partial charge in [0.15, 0.2) is 10.7 Å². The summed E-state index contributed by atoms with van der Waals surface area (Å²) in [5.74, 6) is 0.430. The minimum Gasteiger partial charge on any atom is -0.497 e. The molecule has 1 aromatic heterocycles. The highest BCUT2D eigenvalue weighted by molar-refractivity contribution is 7.80. The Labute approximate surface area is 122 Å². The highest BCUT2D eigenvalue weighted by Crippen LogP contribution is 2.27. The molecule has 1 atom stereocenters. The van der Waals surface area contributed by atoms with Gasteiger partial charge in [-0.15, -0.1) is 5.10 Å². The Morgan fingerprint density at radius 1 is 1.58 bits per heavy atom. The molecular weight excluding hydrogens is 316 g/mol. The van der Waals surface area contributed by atoms with Crippen LogP contribution in [0.25, 0.3) is 0 Å². The van der Waals surface area contributed by atoms with Crippen molar-refractivity contribution >= 4 is 40.3 Å². The average molecular weight is 324 g/mol. The minimum atomic E-state index is -1.14. The van der Waals surface area contributed by atoms with Crippen LogP contribution in [0.1, 0.15) is 16.7 Å². The summed E-state index contributed by atoms with van der Waals surface area (Å²) in [5.41, 5.74) is -0.993. The number of halogens is 3. The molecule has 0 saturated heterocycles. The van der Waals surface area contributed by atoms with Crippen LogP contribution in [0.15, 0.2) is 28.8 Å². The van der Waals surface area contributed by atoms with Gasteiger partial charge in [-0.2, -0.15) is 0 Å². The maximum absolute atomic E-state index is 13.2. The highest BCUT2D eigenvalue weighted by atomic mass is 35.5. The molecule has 0 N–H and O–H groups in total. The zero-order valence-electron chi connectivity index (χ0n) is 9.59. The summed E-state index contributed by atoms with van der Waals surface area (Å²) >= 11 is 16.5. The Hall–Kier alpha value is -1.18. The van der Waals surface area contributed by atoms with Crippen molar-refractivity contribution in [2.45, 2.75) is 10.9 Å². The number of allylic oxidation sites excluding steroid dienone is 3. The normalized spacial score (nSPS) is 18.9. The van der Waals surface area contributed by atoms with E-state index in [-0.39, 0.29) is 10.7 Å². The number of rotatable bonds is 3. The number of alkyl halides is 2. The van der Waals surface area contributed by atoms with E-state index < -0.39 is 16.6 Å². The quantitative estimate of drug-likeness (QED) is 0.632. The Morgan fingerprint density at radius 3 is 2.79 bits per heavy atom. The molecule has 102 valence electrons. The lowest BCUT2D eigenvalue weighted by Crippen LogP contribution is -2.30. The van der Waals surface area contributed by atoms with Crippen LogP contribution < -0.4 is 5.69 Å². The number of ether oxygens (including phenoxy) is 1.